The van der Waals surface area contributed by atoms with Gasteiger partial charge in [-0.25, -0.2) is 8.42 Å². The van der Waals surface area contributed by atoms with E-state index in [1.54, 1.807) is 24.3 Å². The van der Waals surface area contributed by atoms with E-state index in [2.05, 4.69) is 0 Å². The molecule has 1 heterocycles. The number of nitrogens with zero attached hydrogens (tertiary/aromatic N) is 1. The molecule has 2 aromatic rings. The van der Waals surface area contributed by atoms with E-state index in [9.17, 15) is 13.5 Å². The molecule has 0 amide bonds. The van der Waals surface area contributed by atoms with Gasteiger partial charge in [0, 0.05) is 11.6 Å². The molecule has 25 heavy (non-hydrogen) atoms. The minimum Gasteiger partial charge on any atom is -0.395 e. The third kappa shape index (κ3) is 4.96. The number of sulfonamides is 1. The van der Waals surface area contributed by atoms with Crippen molar-refractivity contribution < 1.29 is 13.5 Å². The maximum Gasteiger partial charge on any atom is 0.253 e. The molecule has 0 aliphatic heterocycles. The van der Waals surface area contributed by atoms with Gasteiger partial charge in [0.2, 0.25) is 0 Å². The monoisotopic (exact) mass is 421 g/mol. The van der Waals surface area contributed by atoms with Gasteiger partial charge < -0.3 is 5.11 Å². The molecule has 0 aliphatic rings. The molecule has 2 rings (SSSR count). The molecule has 0 fully saturated rings. The number of rotatable bonds is 8. The van der Waals surface area contributed by atoms with Crippen LogP contribution in [0, 0.1) is 5.92 Å². The maximum absolute atomic E-state index is 13.2. The lowest BCUT2D eigenvalue weighted by atomic mass is 9.99. The molecule has 0 aliphatic carbocycles. The van der Waals surface area contributed by atoms with Crippen molar-refractivity contribution >= 4 is 44.6 Å². The first-order chi connectivity index (χ1) is 11.8. The molecule has 8 heteroatoms. The van der Waals surface area contributed by atoms with Crippen molar-refractivity contribution in [2.75, 3.05) is 6.61 Å². The summed E-state index contributed by atoms with van der Waals surface area (Å²) in [5.74, 6) is -0.00519. The predicted molar refractivity (Wildman–Crippen MR) is 104 cm³/mol. The van der Waals surface area contributed by atoms with Crippen LogP contribution in [0.1, 0.15) is 25.8 Å². The fourth-order valence-electron chi connectivity index (χ4n) is 2.57. The van der Waals surface area contributed by atoms with Crippen molar-refractivity contribution in [1.82, 2.24) is 4.31 Å². The number of aliphatic hydroxyl groups is 1. The van der Waals surface area contributed by atoms with Gasteiger partial charge in [0.05, 0.1) is 17.0 Å². The highest BCUT2D eigenvalue weighted by Gasteiger charge is 2.34. The van der Waals surface area contributed by atoms with E-state index in [1.165, 1.54) is 10.4 Å². The van der Waals surface area contributed by atoms with Crippen LogP contribution in [-0.4, -0.2) is 30.5 Å². The van der Waals surface area contributed by atoms with Crippen LogP contribution in [0.5, 0.6) is 0 Å². The van der Waals surface area contributed by atoms with E-state index >= 15 is 0 Å². The summed E-state index contributed by atoms with van der Waals surface area (Å²) in [6.45, 7) is 3.78. The highest BCUT2D eigenvalue weighted by Crippen LogP contribution is 2.32. The molecule has 0 spiro atoms. The first-order valence-corrected chi connectivity index (χ1v) is 10.9. The maximum atomic E-state index is 13.2. The van der Waals surface area contributed by atoms with Crippen molar-refractivity contribution in [3.05, 3.63) is 51.3 Å². The predicted octanol–water partition coefficient (Wildman–Crippen LogP) is 4.65. The molecule has 1 aromatic carbocycles. The van der Waals surface area contributed by atoms with Gasteiger partial charge in [0.1, 0.15) is 4.21 Å². The summed E-state index contributed by atoms with van der Waals surface area (Å²) < 4.78 is 28.3. The Bertz CT molecular complexity index is 808. The van der Waals surface area contributed by atoms with E-state index in [0.29, 0.717) is 9.36 Å². The fraction of sp³-hybridized carbons (Fsp3) is 0.412. The van der Waals surface area contributed by atoms with E-state index < -0.39 is 16.1 Å². The van der Waals surface area contributed by atoms with Gasteiger partial charge in [-0.15, -0.1) is 11.3 Å². The third-order valence-electron chi connectivity index (χ3n) is 4.20. The Morgan fingerprint density at radius 3 is 2.48 bits per heavy atom. The van der Waals surface area contributed by atoms with Crippen LogP contribution in [-0.2, 0) is 16.6 Å². The zero-order valence-electron chi connectivity index (χ0n) is 14.0. The van der Waals surface area contributed by atoms with Crippen molar-refractivity contribution in [1.29, 1.82) is 0 Å². The number of aliphatic hydroxyl groups excluding tert-OH is 1. The minimum atomic E-state index is -3.79. The van der Waals surface area contributed by atoms with Crippen LogP contribution in [0.15, 0.2) is 40.6 Å². The van der Waals surface area contributed by atoms with Gasteiger partial charge in [0.25, 0.3) is 10.0 Å². The second-order valence-electron chi connectivity index (χ2n) is 5.87. The second-order valence-corrected chi connectivity index (χ2v) is 10.1. The van der Waals surface area contributed by atoms with Crippen LogP contribution in [0.3, 0.4) is 0 Å². The molecule has 0 unspecified atom stereocenters. The Morgan fingerprint density at radius 1 is 1.24 bits per heavy atom. The third-order valence-corrected chi connectivity index (χ3v) is 8.00. The normalized spacial score (nSPS) is 14.6. The topological polar surface area (TPSA) is 57.6 Å². The average molecular weight is 422 g/mol. The summed E-state index contributed by atoms with van der Waals surface area (Å²) in [4.78, 5) is 0. The van der Waals surface area contributed by atoms with Crippen LogP contribution >= 0.6 is 34.5 Å². The minimum absolute atomic E-state index is 0.00519. The molecule has 2 atom stereocenters. The molecular weight excluding hydrogens is 401 g/mol. The quantitative estimate of drug-likeness (QED) is 0.674. The van der Waals surface area contributed by atoms with Crippen molar-refractivity contribution in [2.45, 2.75) is 37.1 Å². The molecule has 4 nitrogen and oxygen atoms in total. The smallest absolute Gasteiger partial charge is 0.253 e. The first kappa shape index (κ1) is 20.7. The van der Waals surface area contributed by atoms with Crippen molar-refractivity contribution in [3.63, 3.8) is 0 Å². The lowest BCUT2D eigenvalue weighted by Gasteiger charge is -2.33. The number of hydrogen-bond acceptors (Lipinski definition) is 4. The van der Waals surface area contributed by atoms with Gasteiger partial charge in [-0.1, -0.05) is 55.6 Å². The Morgan fingerprint density at radius 2 is 1.96 bits per heavy atom. The van der Waals surface area contributed by atoms with Gasteiger partial charge in [-0.3, -0.25) is 0 Å². The number of hydrogen-bond donors (Lipinski definition) is 1. The lowest BCUT2D eigenvalue weighted by Crippen LogP contribution is -2.45. The zero-order valence-corrected chi connectivity index (χ0v) is 17.2. The fourth-order valence-corrected chi connectivity index (χ4v) is 6.10. The van der Waals surface area contributed by atoms with Gasteiger partial charge in [0.15, 0.2) is 0 Å². The average Bonchev–Trinajstić information content (AvgIpc) is 3.01. The molecule has 0 saturated carbocycles. The summed E-state index contributed by atoms with van der Waals surface area (Å²) >= 11 is 13.0. The van der Waals surface area contributed by atoms with Crippen LogP contribution < -0.4 is 0 Å². The molecule has 1 aromatic heterocycles. The van der Waals surface area contributed by atoms with Gasteiger partial charge in [-0.2, -0.15) is 4.31 Å². The Hall–Kier alpha value is -0.630. The summed E-state index contributed by atoms with van der Waals surface area (Å²) in [7, 11) is -3.79. The molecule has 0 bridgehead atoms. The van der Waals surface area contributed by atoms with Crippen LogP contribution in [0.25, 0.3) is 0 Å². The second kappa shape index (κ2) is 8.84. The van der Waals surface area contributed by atoms with Crippen LogP contribution in [0.4, 0.5) is 0 Å². The number of halogens is 2. The van der Waals surface area contributed by atoms with Crippen molar-refractivity contribution in [3.8, 4) is 0 Å². The summed E-state index contributed by atoms with van der Waals surface area (Å²) in [6, 6.07) is 9.60. The lowest BCUT2D eigenvalue weighted by molar-refractivity contribution is 0.139. The summed E-state index contributed by atoms with van der Waals surface area (Å²) in [6.07, 6.45) is 0.748. The SMILES string of the molecule is CC[C@H](C)[C@H](CO)N(Cc1cccc(Cl)c1)S(=O)(=O)c1ccc(Cl)s1. The molecule has 0 radical (unpaired) electrons. The highest BCUT2D eigenvalue weighted by molar-refractivity contribution is 7.91. The molecule has 1 N–H and O–H groups in total. The van der Waals surface area contributed by atoms with E-state index in [0.717, 1.165) is 23.3 Å². The van der Waals surface area contributed by atoms with Crippen LogP contribution in [0.2, 0.25) is 9.36 Å². The van der Waals surface area contributed by atoms with Gasteiger partial charge in [-0.05, 0) is 35.7 Å². The standard InChI is InChI=1S/C17H21Cl2NO3S2/c1-3-12(2)15(11-21)20(10-13-5-4-6-14(18)9-13)25(22,23)17-8-7-16(19)24-17/h4-9,12,15,21H,3,10-11H2,1-2H3/t12-,15-/m0/s1. The Labute approximate surface area is 163 Å². The summed E-state index contributed by atoms with van der Waals surface area (Å²) in [5.41, 5.74) is 0.764. The first-order valence-electron chi connectivity index (χ1n) is 7.92. The van der Waals surface area contributed by atoms with E-state index in [4.69, 9.17) is 23.2 Å². The van der Waals surface area contributed by atoms with E-state index in [-0.39, 0.29) is 23.3 Å². The number of benzene rings is 1. The van der Waals surface area contributed by atoms with E-state index in [1.807, 2.05) is 19.9 Å². The molecular formula is C17H21Cl2NO3S2. The molecule has 0 saturated heterocycles. The highest BCUT2D eigenvalue weighted by atomic mass is 35.5. The van der Waals surface area contributed by atoms with Gasteiger partial charge >= 0.3 is 0 Å². The zero-order chi connectivity index (χ0) is 18.6. The molecule has 138 valence electrons. The van der Waals surface area contributed by atoms with Crippen molar-refractivity contribution in [2.24, 2.45) is 5.92 Å². The number of thiophene rings is 1. The largest absolute Gasteiger partial charge is 0.395 e. The summed E-state index contributed by atoms with van der Waals surface area (Å²) in [5, 5.41) is 10.4. The Balaban J connectivity index is 2.47. The Kier molecular flexibility index (Phi) is 7.31.